The molecular weight excluding hydrogens is 439 g/mol. The Balaban J connectivity index is 1.84. The van der Waals surface area contributed by atoms with E-state index < -0.39 is 11.7 Å². The molecule has 0 unspecified atom stereocenters. The van der Waals surface area contributed by atoms with Gasteiger partial charge in [-0.25, -0.2) is 4.39 Å². The van der Waals surface area contributed by atoms with Gasteiger partial charge < -0.3 is 25.3 Å². The highest BCUT2D eigenvalue weighted by atomic mass is 19.1. The predicted molar refractivity (Wildman–Crippen MR) is 127 cm³/mol. The van der Waals surface area contributed by atoms with Gasteiger partial charge in [-0.1, -0.05) is 13.8 Å². The molecule has 9 nitrogen and oxygen atoms in total. The van der Waals surface area contributed by atoms with E-state index in [0.29, 0.717) is 30.0 Å². The van der Waals surface area contributed by atoms with Gasteiger partial charge in [-0.3, -0.25) is 9.36 Å². The van der Waals surface area contributed by atoms with Crippen molar-refractivity contribution >= 4 is 11.6 Å². The number of hydrogen-bond acceptors (Lipinski definition) is 7. The zero-order valence-corrected chi connectivity index (χ0v) is 19.7. The van der Waals surface area contributed by atoms with Crippen molar-refractivity contribution in [1.29, 1.82) is 0 Å². The summed E-state index contributed by atoms with van der Waals surface area (Å²) in [6.45, 7) is 6.93. The number of anilines is 1. The Hall–Kier alpha value is -3.66. The number of carbonyl (C=O) groups is 1. The monoisotopic (exact) mass is 468 g/mol. The van der Waals surface area contributed by atoms with Crippen LogP contribution in [-0.4, -0.2) is 76.1 Å². The number of aromatic nitrogens is 3. The fourth-order valence-corrected chi connectivity index (χ4v) is 4.14. The summed E-state index contributed by atoms with van der Waals surface area (Å²) in [6.07, 6.45) is 0. The smallest absolute Gasteiger partial charge is 0.289 e. The van der Waals surface area contributed by atoms with Gasteiger partial charge >= 0.3 is 0 Å². The number of carbonyl (C=O) groups excluding carboxylic acids is 1. The van der Waals surface area contributed by atoms with E-state index in [-0.39, 0.29) is 34.6 Å². The number of benzene rings is 2. The van der Waals surface area contributed by atoms with Crippen LogP contribution in [0, 0.1) is 5.82 Å². The Kier molecular flexibility index (Phi) is 6.43. The van der Waals surface area contributed by atoms with Crippen LogP contribution in [0.15, 0.2) is 30.3 Å². The molecule has 3 aromatic rings. The molecule has 1 saturated heterocycles. The second kappa shape index (κ2) is 9.30. The maximum atomic E-state index is 15.3. The fourth-order valence-electron chi connectivity index (χ4n) is 4.14. The summed E-state index contributed by atoms with van der Waals surface area (Å²) in [5, 5.41) is 31.5. The van der Waals surface area contributed by atoms with Crippen molar-refractivity contribution < 1.29 is 19.4 Å². The molecule has 3 N–H and O–H groups in total. The minimum absolute atomic E-state index is 0.0329. The number of halogens is 1. The largest absolute Gasteiger partial charge is 0.508 e. The number of aromatic hydroxyl groups is 2. The normalized spacial score (nSPS) is 14.6. The molecule has 0 spiro atoms. The highest BCUT2D eigenvalue weighted by Gasteiger charge is 2.25. The van der Waals surface area contributed by atoms with Crippen LogP contribution in [-0.2, 0) is 0 Å². The fraction of sp³-hybridized carbons (Fsp3) is 0.375. The molecule has 1 aromatic heterocycles. The molecule has 2 aromatic carbocycles. The molecule has 0 bridgehead atoms. The van der Waals surface area contributed by atoms with E-state index in [9.17, 15) is 15.0 Å². The summed E-state index contributed by atoms with van der Waals surface area (Å²) < 4.78 is 16.7. The van der Waals surface area contributed by atoms with Crippen molar-refractivity contribution in [2.45, 2.75) is 19.8 Å². The van der Waals surface area contributed by atoms with Gasteiger partial charge in [-0.2, -0.15) is 0 Å². The van der Waals surface area contributed by atoms with E-state index in [2.05, 4.69) is 20.4 Å². The number of piperazine rings is 1. The summed E-state index contributed by atoms with van der Waals surface area (Å²) in [7, 11) is 3.50. The second-order valence-corrected chi connectivity index (χ2v) is 8.77. The van der Waals surface area contributed by atoms with E-state index in [1.165, 1.54) is 23.7 Å². The highest BCUT2D eigenvalue weighted by Crippen LogP contribution is 2.38. The van der Waals surface area contributed by atoms with Crippen LogP contribution >= 0.6 is 0 Å². The molecule has 1 amide bonds. The molecule has 1 aliphatic heterocycles. The SMILES string of the molecule is CNC(=O)c1nnc(-c2cc(C(C)C)c(O)cc2O)n1-c1ccc(N2CCN(C)CC2)c(F)c1. The first-order valence-corrected chi connectivity index (χ1v) is 11.2. The van der Waals surface area contributed by atoms with Gasteiger partial charge in [-0.05, 0) is 36.7 Å². The predicted octanol–water partition coefficient (Wildman–Crippen LogP) is 2.72. The third-order valence-corrected chi connectivity index (χ3v) is 6.13. The first-order valence-electron chi connectivity index (χ1n) is 11.2. The Bertz CT molecular complexity index is 1220. The van der Waals surface area contributed by atoms with Gasteiger partial charge in [0, 0.05) is 45.4 Å². The molecule has 0 aliphatic carbocycles. The molecular formula is C24H29FN6O3. The maximum Gasteiger partial charge on any atom is 0.289 e. The Morgan fingerprint density at radius 1 is 1.06 bits per heavy atom. The standard InChI is InChI=1S/C24H29FN6O3/c1-14(2)16-12-17(21(33)13-20(16)32)22-27-28-23(24(34)26-3)31(22)15-5-6-19(18(25)11-15)30-9-7-29(4)8-10-30/h5-6,11-14,32-33H,7-10H2,1-4H3,(H,26,34). The summed E-state index contributed by atoms with van der Waals surface area (Å²) in [6, 6.07) is 7.58. The lowest BCUT2D eigenvalue weighted by Gasteiger charge is -2.34. The van der Waals surface area contributed by atoms with E-state index >= 15 is 4.39 Å². The van der Waals surface area contributed by atoms with Crippen molar-refractivity contribution in [3.05, 3.63) is 47.5 Å². The summed E-state index contributed by atoms with van der Waals surface area (Å²) in [5.74, 6) is -1.14. The van der Waals surface area contributed by atoms with Crippen LogP contribution in [0.4, 0.5) is 10.1 Å². The molecule has 0 saturated carbocycles. The summed E-state index contributed by atoms with van der Waals surface area (Å²) in [4.78, 5) is 16.7. The first kappa shape index (κ1) is 23.5. The average molecular weight is 469 g/mol. The van der Waals surface area contributed by atoms with Crippen LogP contribution in [0.25, 0.3) is 17.1 Å². The van der Waals surface area contributed by atoms with Crippen molar-refractivity contribution in [3.8, 4) is 28.6 Å². The van der Waals surface area contributed by atoms with E-state index in [1.54, 1.807) is 18.2 Å². The first-order chi connectivity index (χ1) is 16.2. The van der Waals surface area contributed by atoms with E-state index in [4.69, 9.17) is 0 Å². The van der Waals surface area contributed by atoms with Gasteiger partial charge in [0.1, 0.15) is 17.3 Å². The summed E-state index contributed by atoms with van der Waals surface area (Å²) in [5.41, 5.74) is 1.70. The van der Waals surface area contributed by atoms with Crippen molar-refractivity contribution in [3.63, 3.8) is 0 Å². The van der Waals surface area contributed by atoms with Gasteiger partial charge in [-0.15, -0.1) is 10.2 Å². The van der Waals surface area contributed by atoms with Crippen LogP contribution in [0.3, 0.4) is 0 Å². The number of nitrogens with one attached hydrogen (secondary N) is 1. The number of nitrogens with zero attached hydrogens (tertiary/aromatic N) is 5. The Morgan fingerprint density at radius 2 is 1.76 bits per heavy atom. The number of phenolic OH excluding ortho intramolecular Hbond substituents is 2. The summed E-state index contributed by atoms with van der Waals surface area (Å²) >= 11 is 0. The number of phenols is 2. The number of amides is 1. The minimum atomic E-state index is -0.510. The van der Waals surface area contributed by atoms with Crippen molar-refractivity contribution in [2.24, 2.45) is 0 Å². The van der Waals surface area contributed by atoms with Crippen molar-refractivity contribution in [1.82, 2.24) is 25.0 Å². The van der Waals surface area contributed by atoms with E-state index in [1.807, 2.05) is 25.8 Å². The highest BCUT2D eigenvalue weighted by molar-refractivity contribution is 5.92. The van der Waals surface area contributed by atoms with E-state index in [0.717, 1.165) is 13.1 Å². The zero-order chi connectivity index (χ0) is 24.6. The molecule has 0 atom stereocenters. The molecule has 1 fully saturated rings. The van der Waals surface area contributed by atoms with Crippen LogP contribution in [0.1, 0.15) is 35.9 Å². The van der Waals surface area contributed by atoms with Crippen LogP contribution in [0.5, 0.6) is 11.5 Å². The molecule has 1 aliphatic rings. The van der Waals surface area contributed by atoms with Gasteiger partial charge in [0.25, 0.3) is 5.91 Å². The second-order valence-electron chi connectivity index (χ2n) is 8.77. The molecule has 0 radical (unpaired) electrons. The molecule has 34 heavy (non-hydrogen) atoms. The lowest BCUT2D eigenvalue weighted by molar-refractivity contribution is 0.0950. The number of likely N-dealkylation sites (N-methyl/N-ethyl adjacent to an activating group) is 1. The van der Waals surface area contributed by atoms with Crippen LogP contribution < -0.4 is 10.2 Å². The lowest BCUT2D eigenvalue weighted by Crippen LogP contribution is -2.44. The minimum Gasteiger partial charge on any atom is -0.508 e. The molecule has 2 heterocycles. The van der Waals surface area contributed by atoms with Crippen molar-refractivity contribution in [2.75, 3.05) is 45.2 Å². The Labute approximate surface area is 197 Å². The molecule has 4 rings (SSSR count). The zero-order valence-electron chi connectivity index (χ0n) is 19.7. The molecule has 180 valence electrons. The average Bonchev–Trinajstić information content (AvgIpc) is 3.24. The van der Waals surface area contributed by atoms with Gasteiger partial charge in [0.2, 0.25) is 5.82 Å². The lowest BCUT2D eigenvalue weighted by atomic mass is 9.98. The number of rotatable bonds is 5. The molecule has 10 heteroatoms. The third kappa shape index (κ3) is 4.28. The third-order valence-electron chi connectivity index (χ3n) is 6.13. The van der Waals surface area contributed by atoms with Crippen LogP contribution in [0.2, 0.25) is 0 Å². The maximum absolute atomic E-state index is 15.3. The van der Waals surface area contributed by atoms with Gasteiger partial charge in [0.05, 0.1) is 16.9 Å². The van der Waals surface area contributed by atoms with Gasteiger partial charge in [0.15, 0.2) is 5.82 Å². The number of hydrogen-bond donors (Lipinski definition) is 3. The topological polar surface area (TPSA) is 107 Å². The quantitative estimate of drug-likeness (QED) is 0.529. The Morgan fingerprint density at radius 3 is 2.38 bits per heavy atom.